The van der Waals surface area contributed by atoms with Crippen LogP contribution in [0.25, 0.3) is 11.1 Å². The number of benzene rings is 1. The highest BCUT2D eigenvalue weighted by Gasteiger charge is 2.05. The third-order valence-corrected chi connectivity index (χ3v) is 2.14. The van der Waals surface area contributed by atoms with Crippen LogP contribution in [0.3, 0.4) is 0 Å². The Balaban J connectivity index is 2.44. The fraction of sp³-hybridized carbons (Fsp3) is 0.182. The molecule has 0 aliphatic rings. The Morgan fingerprint density at radius 3 is 2.79 bits per heavy atom. The molecule has 0 saturated carbocycles. The fourth-order valence-corrected chi connectivity index (χ4v) is 1.37. The van der Waals surface area contributed by atoms with Crippen molar-refractivity contribution >= 4 is 0 Å². The first kappa shape index (κ1) is 8.94. The van der Waals surface area contributed by atoms with Crippen molar-refractivity contribution in [1.82, 2.24) is 9.78 Å². The number of halogens is 1. The highest BCUT2D eigenvalue weighted by molar-refractivity contribution is 5.62. The Hall–Kier alpha value is -1.64. The SMILES string of the molecule is CCn1cc(-c2ccccc2F)cn1. The summed E-state index contributed by atoms with van der Waals surface area (Å²) in [6, 6.07) is 6.72. The molecule has 14 heavy (non-hydrogen) atoms. The summed E-state index contributed by atoms with van der Waals surface area (Å²) in [7, 11) is 0. The van der Waals surface area contributed by atoms with Crippen molar-refractivity contribution in [2.75, 3.05) is 0 Å². The van der Waals surface area contributed by atoms with E-state index < -0.39 is 0 Å². The van der Waals surface area contributed by atoms with Gasteiger partial charge in [0.2, 0.25) is 0 Å². The summed E-state index contributed by atoms with van der Waals surface area (Å²) >= 11 is 0. The predicted molar refractivity (Wildman–Crippen MR) is 53.3 cm³/mol. The molecule has 1 heterocycles. The number of hydrogen-bond donors (Lipinski definition) is 0. The fourth-order valence-electron chi connectivity index (χ4n) is 1.37. The van der Waals surface area contributed by atoms with Gasteiger partial charge in [-0.05, 0) is 13.0 Å². The van der Waals surface area contributed by atoms with Gasteiger partial charge in [-0.3, -0.25) is 4.68 Å². The van der Waals surface area contributed by atoms with E-state index in [0.717, 1.165) is 12.1 Å². The first-order chi connectivity index (χ1) is 6.81. The zero-order chi connectivity index (χ0) is 9.97. The lowest BCUT2D eigenvalue weighted by molar-refractivity contribution is 0.631. The van der Waals surface area contributed by atoms with E-state index in [1.54, 1.807) is 23.0 Å². The van der Waals surface area contributed by atoms with E-state index in [4.69, 9.17) is 0 Å². The number of rotatable bonds is 2. The number of hydrogen-bond acceptors (Lipinski definition) is 1. The summed E-state index contributed by atoms with van der Waals surface area (Å²) in [4.78, 5) is 0. The molecule has 0 unspecified atom stereocenters. The van der Waals surface area contributed by atoms with Gasteiger partial charge in [0.1, 0.15) is 5.82 Å². The molecule has 2 nitrogen and oxygen atoms in total. The van der Waals surface area contributed by atoms with Gasteiger partial charge in [-0.1, -0.05) is 18.2 Å². The Morgan fingerprint density at radius 1 is 1.36 bits per heavy atom. The molecule has 0 radical (unpaired) electrons. The molecule has 0 aliphatic carbocycles. The third-order valence-electron chi connectivity index (χ3n) is 2.14. The van der Waals surface area contributed by atoms with Crippen molar-refractivity contribution < 1.29 is 4.39 Å². The largest absolute Gasteiger partial charge is 0.272 e. The summed E-state index contributed by atoms with van der Waals surface area (Å²) in [6.45, 7) is 2.80. The zero-order valence-electron chi connectivity index (χ0n) is 7.94. The Labute approximate surface area is 82.0 Å². The van der Waals surface area contributed by atoms with Crippen LogP contribution in [0.2, 0.25) is 0 Å². The van der Waals surface area contributed by atoms with Gasteiger partial charge in [0.05, 0.1) is 6.20 Å². The van der Waals surface area contributed by atoms with E-state index in [1.807, 2.05) is 19.2 Å². The number of aromatic nitrogens is 2. The lowest BCUT2D eigenvalue weighted by Crippen LogP contribution is -1.92. The first-order valence-electron chi connectivity index (χ1n) is 4.58. The van der Waals surface area contributed by atoms with E-state index >= 15 is 0 Å². The van der Waals surface area contributed by atoms with Crippen molar-refractivity contribution in [3.63, 3.8) is 0 Å². The number of aryl methyl sites for hydroxylation is 1. The molecular formula is C11H11FN2. The maximum absolute atomic E-state index is 13.4. The second kappa shape index (κ2) is 3.62. The van der Waals surface area contributed by atoms with E-state index in [2.05, 4.69) is 5.10 Å². The van der Waals surface area contributed by atoms with Crippen LogP contribution in [0.5, 0.6) is 0 Å². The smallest absolute Gasteiger partial charge is 0.131 e. The molecule has 0 saturated heterocycles. The van der Waals surface area contributed by atoms with Gasteiger partial charge in [-0.2, -0.15) is 5.10 Å². The van der Waals surface area contributed by atoms with Gasteiger partial charge in [-0.15, -0.1) is 0 Å². The minimum atomic E-state index is -0.205. The Bertz CT molecular complexity index is 434. The van der Waals surface area contributed by atoms with Crippen LogP contribution < -0.4 is 0 Å². The maximum Gasteiger partial charge on any atom is 0.131 e. The van der Waals surface area contributed by atoms with E-state index in [0.29, 0.717) is 5.56 Å². The van der Waals surface area contributed by atoms with Crippen LogP contribution in [-0.4, -0.2) is 9.78 Å². The van der Waals surface area contributed by atoms with Crippen LogP contribution in [0.15, 0.2) is 36.7 Å². The summed E-state index contributed by atoms with van der Waals surface area (Å²) in [5, 5.41) is 4.10. The van der Waals surface area contributed by atoms with Gasteiger partial charge < -0.3 is 0 Å². The highest BCUT2D eigenvalue weighted by atomic mass is 19.1. The average Bonchev–Trinajstić information content (AvgIpc) is 2.67. The van der Waals surface area contributed by atoms with Crippen molar-refractivity contribution in [1.29, 1.82) is 0 Å². The lowest BCUT2D eigenvalue weighted by atomic mass is 10.1. The first-order valence-corrected chi connectivity index (χ1v) is 4.58. The maximum atomic E-state index is 13.4. The molecule has 0 amide bonds. The van der Waals surface area contributed by atoms with Crippen molar-refractivity contribution in [3.05, 3.63) is 42.5 Å². The molecule has 1 aromatic carbocycles. The molecule has 0 spiro atoms. The van der Waals surface area contributed by atoms with Gasteiger partial charge in [-0.25, -0.2) is 4.39 Å². The molecule has 0 bridgehead atoms. The van der Waals surface area contributed by atoms with Crippen LogP contribution in [0, 0.1) is 5.82 Å². The molecule has 72 valence electrons. The summed E-state index contributed by atoms with van der Waals surface area (Å²) in [5.74, 6) is -0.205. The standard InChI is InChI=1S/C11H11FN2/c1-2-14-8-9(7-13-14)10-5-3-4-6-11(10)12/h3-8H,2H2,1H3. The van der Waals surface area contributed by atoms with Crippen LogP contribution >= 0.6 is 0 Å². The minimum Gasteiger partial charge on any atom is -0.272 e. The van der Waals surface area contributed by atoms with Crippen LogP contribution in [0.1, 0.15) is 6.92 Å². The summed E-state index contributed by atoms with van der Waals surface area (Å²) < 4.78 is 15.1. The monoisotopic (exact) mass is 190 g/mol. The van der Waals surface area contributed by atoms with E-state index in [-0.39, 0.29) is 5.82 Å². The van der Waals surface area contributed by atoms with Crippen molar-refractivity contribution in [2.45, 2.75) is 13.5 Å². The zero-order valence-corrected chi connectivity index (χ0v) is 7.94. The second-order valence-electron chi connectivity index (χ2n) is 3.06. The quantitative estimate of drug-likeness (QED) is 0.712. The van der Waals surface area contributed by atoms with Crippen molar-refractivity contribution in [3.8, 4) is 11.1 Å². The minimum absolute atomic E-state index is 0.205. The Morgan fingerprint density at radius 2 is 2.14 bits per heavy atom. The lowest BCUT2D eigenvalue weighted by Gasteiger charge is -1.97. The topological polar surface area (TPSA) is 17.8 Å². The molecular weight excluding hydrogens is 179 g/mol. The van der Waals surface area contributed by atoms with E-state index in [9.17, 15) is 4.39 Å². The van der Waals surface area contributed by atoms with Crippen molar-refractivity contribution in [2.24, 2.45) is 0 Å². The van der Waals surface area contributed by atoms with Gasteiger partial charge >= 0.3 is 0 Å². The molecule has 0 atom stereocenters. The molecule has 1 aromatic heterocycles. The summed E-state index contributed by atoms with van der Waals surface area (Å²) in [5.41, 5.74) is 1.43. The highest BCUT2D eigenvalue weighted by Crippen LogP contribution is 2.21. The normalized spacial score (nSPS) is 10.4. The van der Waals surface area contributed by atoms with Gasteiger partial charge in [0.15, 0.2) is 0 Å². The molecule has 3 heteroatoms. The Kier molecular flexibility index (Phi) is 2.31. The molecule has 2 aromatic rings. The number of nitrogens with zero attached hydrogens (tertiary/aromatic N) is 2. The van der Waals surface area contributed by atoms with Gasteiger partial charge in [0.25, 0.3) is 0 Å². The average molecular weight is 190 g/mol. The van der Waals surface area contributed by atoms with E-state index in [1.165, 1.54) is 6.07 Å². The third kappa shape index (κ3) is 1.53. The molecule has 2 rings (SSSR count). The molecule has 0 fully saturated rings. The van der Waals surface area contributed by atoms with Crippen LogP contribution in [-0.2, 0) is 6.54 Å². The second-order valence-corrected chi connectivity index (χ2v) is 3.06. The summed E-state index contributed by atoms with van der Waals surface area (Å²) in [6.07, 6.45) is 3.53. The molecule has 0 N–H and O–H groups in total. The molecule has 0 aliphatic heterocycles. The predicted octanol–water partition coefficient (Wildman–Crippen LogP) is 2.71. The van der Waals surface area contributed by atoms with Gasteiger partial charge in [0, 0.05) is 23.9 Å². The van der Waals surface area contributed by atoms with Crippen LogP contribution in [0.4, 0.5) is 4.39 Å².